The van der Waals surface area contributed by atoms with Crippen LogP contribution in [0.15, 0.2) is 30.3 Å². The Morgan fingerprint density at radius 1 is 0.884 bits per heavy atom. The van der Waals surface area contributed by atoms with Gasteiger partial charge < -0.3 is 34.7 Å². The van der Waals surface area contributed by atoms with Crippen LogP contribution in [0.3, 0.4) is 0 Å². The molecule has 0 fully saturated rings. The molecule has 6 atom stereocenters. The second-order valence-electron chi connectivity index (χ2n) is 10.7. The normalized spacial score (nSPS) is 15.1. The van der Waals surface area contributed by atoms with E-state index in [0.29, 0.717) is 12.0 Å². The molecule has 1 aromatic carbocycles. The third-order valence-electron chi connectivity index (χ3n) is 6.47. The average Bonchev–Trinajstić information content (AvgIpc) is 2.96. The molecule has 0 saturated carbocycles. The number of benzene rings is 1. The maximum Gasteiger partial charge on any atom is 0.408 e. The Morgan fingerprint density at radius 3 is 2.05 bits per heavy atom. The van der Waals surface area contributed by atoms with Gasteiger partial charge in [-0.05, 0) is 38.2 Å². The first-order valence-corrected chi connectivity index (χ1v) is 14.2. The number of alkyl carbamates (subject to hydrolysis) is 1. The summed E-state index contributed by atoms with van der Waals surface area (Å²) in [5.74, 6) is -4.75. The fourth-order valence-corrected chi connectivity index (χ4v) is 3.76. The van der Waals surface area contributed by atoms with Crippen molar-refractivity contribution in [1.29, 1.82) is 0 Å². The molecule has 1 rings (SSSR count). The molecule has 1 aromatic rings. The second-order valence-corrected chi connectivity index (χ2v) is 10.7. The van der Waals surface area contributed by atoms with Crippen molar-refractivity contribution in [3.63, 3.8) is 0 Å². The highest BCUT2D eigenvalue weighted by molar-refractivity contribution is 6.00. The molecule has 240 valence electrons. The number of amides is 2. The number of hydrogen-bond donors (Lipinski definition) is 3. The fraction of sp³-hybridized carbons (Fsp3) is 0.600. The van der Waals surface area contributed by atoms with E-state index < -0.39 is 78.4 Å². The number of Topliss-reactive ketones (excluding diaryl/α,β-unsaturated/α-hetero) is 1. The molecule has 3 N–H and O–H groups in total. The van der Waals surface area contributed by atoms with Crippen molar-refractivity contribution in [2.24, 2.45) is 11.8 Å². The number of ether oxygens (including phenoxy) is 4. The molecule has 0 radical (unpaired) electrons. The van der Waals surface area contributed by atoms with E-state index in [2.05, 4.69) is 15.4 Å². The van der Waals surface area contributed by atoms with E-state index in [9.17, 15) is 33.9 Å². The minimum absolute atomic E-state index is 0.0120. The summed E-state index contributed by atoms with van der Waals surface area (Å²) in [5.41, 5.74) is 0.702. The van der Waals surface area contributed by atoms with Crippen LogP contribution in [0, 0.1) is 11.8 Å². The van der Waals surface area contributed by atoms with Gasteiger partial charge in [0.05, 0.1) is 19.3 Å². The maximum atomic E-state index is 13.2. The van der Waals surface area contributed by atoms with E-state index in [1.807, 2.05) is 13.8 Å². The maximum absolute atomic E-state index is 13.2. The number of ketones is 1. The summed E-state index contributed by atoms with van der Waals surface area (Å²) >= 11 is 0. The topological polar surface area (TPSA) is 184 Å². The number of nitrogens with one attached hydrogen (secondary N) is 2. The average molecular weight is 609 g/mol. The Labute approximate surface area is 252 Å². The predicted octanol–water partition coefficient (Wildman–Crippen LogP) is 2.21. The van der Waals surface area contributed by atoms with Crippen LogP contribution in [-0.4, -0.2) is 78.3 Å². The number of hydrogen-bond acceptors (Lipinski definition) is 11. The number of carbonyl (C=O) groups excluding carboxylic acids is 6. The molecule has 13 nitrogen and oxygen atoms in total. The zero-order chi connectivity index (χ0) is 32.7. The molecule has 0 heterocycles. The van der Waals surface area contributed by atoms with Crippen LogP contribution in [0.2, 0.25) is 0 Å². The van der Waals surface area contributed by atoms with E-state index >= 15 is 0 Å². The molecule has 43 heavy (non-hydrogen) atoms. The van der Waals surface area contributed by atoms with Gasteiger partial charge in [0.25, 0.3) is 5.91 Å². The molecule has 6 unspecified atom stereocenters. The van der Waals surface area contributed by atoms with Gasteiger partial charge >= 0.3 is 24.0 Å². The molecule has 13 heteroatoms. The van der Waals surface area contributed by atoms with Crippen molar-refractivity contribution in [2.75, 3.05) is 7.11 Å². The molecule has 0 aliphatic heterocycles. The van der Waals surface area contributed by atoms with E-state index in [-0.39, 0.29) is 18.9 Å². The van der Waals surface area contributed by atoms with Crippen LogP contribution in [0.5, 0.6) is 0 Å². The van der Waals surface area contributed by atoms with Crippen LogP contribution in [-0.2, 0) is 49.5 Å². The largest absolute Gasteiger partial charge is 0.469 e. The Morgan fingerprint density at radius 2 is 1.51 bits per heavy atom. The zero-order valence-electron chi connectivity index (χ0n) is 25.8. The molecule has 0 aliphatic rings. The van der Waals surface area contributed by atoms with Crippen molar-refractivity contribution in [3.8, 4) is 0 Å². The van der Waals surface area contributed by atoms with E-state index in [0.717, 1.165) is 7.11 Å². The molecule has 0 aromatic heterocycles. The Hall–Kier alpha value is -4.00. The van der Waals surface area contributed by atoms with Gasteiger partial charge in [0.2, 0.25) is 0 Å². The van der Waals surface area contributed by atoms with Crippen molar-refractivity contribution in [2.45, 2.75) is 97.8 Å². The lowest BCUT2D eigenvalue weighted by molar-refractivity contribution is -0.176. The van der Waals surface area contributed by atoms with Gasteiger partial charge in [0.15, 0.2) is 24.0 Å². The summed E-state index contributed by atoms with van der Waals surface area (Å²) in [6.07, 6.45) is -5.15. The highest BCUT2D eigenvalue weighted by Gasteiger charge is 2.36. The van der Waals surface area contributed by atoms with Crippen LogP contribution in [0.1, 0.15) is 66.4 Å². The number of carbonyl (C=O) groups is 6. The number of methoxy groups -OCH3 is 1. The quantitative estimate of drug-likeness (QED) is 0.134. The lowest BCUT2D eigenvalue weighted by Crippen LogP contribution is -2.51. The molecular weight excluding hydrogens is 564 g/mol. The smallest absolute Gasteiger partial charge is 0.408 e. The Bertz CT molecular complexity index is 1090. The third-order valence-corrected chi connectivity index (χ3v) is 6.47. The standard InChI is InChI=1S/C30H44N2O11/c1-8-18(4)26(27(36)31-22(14-17(2)3)23(34)15-24(35)40-7)43-28(37)20(6)42-29(38)25(19(5)33)32-30(39)41-16-21-12-10-9-11-13-21/h9-13,17-20,22,25-26,33H,8,14-16H2,1-7H3,(H,31,36)(H,32,39). The van der Waals surface area contributed by atoms with Crippen molar-refractivity contribution < 1.29 is 52.8 Å². The van der Waals surface area contributed by atoms with Gasteiger partial charge in [-0.3, -0.25) is 14.4 Å². The summed E-state index contributed by atoms with van der Waals surface area (Å²) < 4.78 is 20.2. The van der Waals surface area contributed by atoms with E-state index in [4.69, 9.17) is 14.2 Å². The lowest BCUT2D eigenvalue weighted by Gasteiger charge is -2.27. The van der Waals surface area contributed by atoms with Gasteiger partial charge in [-0.25, -0.2) is 14.4 Å². The molecule has 2 amide bonds. The first kappa shape index (κ1) is 37.0. The monoisotopic (exact) mass is 608 g/mol. The van der Waals surface area contributed by atoms with Crippen molar-refractivity contribution in [3.05, 3.63) is 35.9 Å². The zero-order valence-corrected chi connectivity index (χ0v) is 25.8. The molecule has 0 bridgehead atoms. The summed E-state index contributed by atoms with van der Waals surface area (Å²) in [6, 6.07) is 6.20. The van der Waals surface area contributed by atoms with Crippen LogP contribution in [0.4, 0.5) is 4.79 Å². The van der Waals surface area contributed by atoms with E-state index in [1.54, 1.807) is 44.2 Å². The van der Waals surface area contributed by atoms with Gasteiger partial charge in [-0.15, -0.1) is 0 Å². The van der Waals surface area contributed by atoms with Gasteiger partial charge in [-0.2, -0.15) is 0 Å². The Kier molecular flexibility index (Phi) is 15.9. The van der Waals surface area contributed by atoms with Gasteiger partial charge in [-0.1, -0.05) is 58.0 Å². The first-order chi connectivity index (χ1) is 20.2. The second kappa shape index (κ2) is 18.5. The van der Waals surface area contributed by atoms with Crippen LogP contribution < -0.4 is 10.6 Å². The molecular formula is C30H44N2O11. The molecule has 0 spiro atoms. The van der Waals surface area contributed by atoms with Crippen LogP contribution >= 0.6 is 0 Å². The SMILES string of the molecule is CCC(C)C(OC(=O)C(C)OC(=O)C(NC(=O)OCc1ccccc1)C(C)O)C(=O)NC(CC(C)C)C(=O)CC(=O)OC. The Balaban J connectivity index is 2.89. The van der Waals surface area contributed by atoms with Gasteiger partial charge in [0.1, 0.15) is 13.0 Å². The minimum atomic E-state index is -1.57. The molecule has 0 saturated heterocycles. The summed E-state index contributed by atoms with van der Waals surface area (Å²) in [6.45, 7) is 9.48. The van der Waals surface area contributed by atoms with E-state index in [1.165, 1.54) is 13.8 Å². The number of aliphatic hydroxyl groups is 1. The summed E-state index contributed by atoms with van der Waals surface area (Å²) in [7, 11) is 1.15. The molecule has 0 aliphatic carbocycles. The number of rotatable bonds is 17. The number of aliphatic hydroxyl groups excluding tert-OH is 1. The number of esters is 3. The van der Waals surface area contributed by atoms with Gasteiger partial charge in [0, 0.05) is 5.92 Å². The third kappa shape index (κ3) is 13.2. The highest BCUT2D eigenvalue weighted by Crippen LogP contribution is 2.16. The van der Waals surface area contributed by atoms with Crippen LogP contribution in [0.25, 0.3) is 0 Å². The summed E-state index contributed by atoms with van der Waals surface area (Å²) in [5, 5.41) is 14.9. The highest BCUT2D eigenvalue weighted by atomic mass is 16.6. The fourth-order valence-electron chi connectivity index (χ4n) is 3.76. The lowest BCUT2D eigenvalue weighted by atomic mass is 9.96. The van der Waals surface area contributed by atoms with Crippen molar-refractivity contribution in [1.82, 2.24) is 10.6 Å². The minimum Gasteiger partial charge on any atom is -0.469 e. The predicted molar refractivity (Wildman–Crippen MR) is 153 cm³/mol. The van der Waals surface area contributed by atoms with Crippen molar-refractivity contribution >= 4 is 35.7 Å². The first-order valence-electron chi connectivity index (χ1n) is 14.2. The summed E-state index contributed by atoms with van der Waals surface area (Å²) in [4.78, 5) is 75.3.